The minimum atomic E-state index is 0.626. The Morgan fingerprint density at radius 1 is 1.41 bits per heavy atom. The summed E-state index contributed by atoms with van der Waals surface area (Å²) in [6.45, 7) is 7.04. The summed E-state index contributed by atoms with van der Waals surface area (Å²) < 4.78 is 5.67. The number of hydrogen-bond acceptors (Lipinski definition) is 4. The highest BCUT2D eigenvalue weighted by Gasteiger charge is 2.23. The molecule has 0 aliphatic carbocycles. The smallest absolute Gasteiger partial charge is 0.208 e. The van der Waals surface area contributed by atoms with E-state index < -0.39 is 0 Å². The number of hydrogen-bond donors (Lipinski definition) is 1. The lowest BCUT2D eigenvalue weighted by Crippen LogP contribution is -2.44. The normalized spacial score (nSPS) is 21.9. The summed E-state index contributed by atoms with van der Waals surface area (Å²) in [4.78, 5) is 6.96. The van der Waals surface area contributed by atoms with Crippen molar-refractivity contribution in [1.82, 2.24) is 15.2 Å². The average Bonchev–Trinajstić information content (AvgIpc) is 2.61. The lowest BCUT2D eigenvalue weighted by Gasteiger charge is -2.34. The standard InChI is InChI=1S/C13H23N3O/c1-10-11(2)17-13(15-10)9-16-7-5-4-6-12(16)8-14-3/h12,14H,4-9H2,1-3H3. The van der Waals surface area contributed by atoms with E-state index in [1.165, 1.54) is 19.3 Å². The SMILES string of the molecule is CNCC1CCCCN1Cc1nc(C)c(C)o1. The molecule has 1 aliphatic rings. The zero-order chi connectivity index (χ0) is 12.3. The fraction of sp³-hybridized carbons (Fsp3) is 0.769. The summed E-state index contributed by atoms with van der Waals surface area (Å²) in [5.74, 6) is 1.81. The molecule has 1 aliphatic heterocycles. The monoisotopic (exact) mass is 237 g/mol. The topological polar surface area (TPSA) is 41.3 Å². The van der Waals surface area contributed by atoms with Crippen LogP contribution in [0.3, 0.4) is 0 Å². The molecule has 0 bridgehead atoms. The van der Waals surface area contributed by atoms with E-state index in [9.17, 15) is 0 Å². The van der Waals surface area contributed by atoms with Crippen LogP contribution in [0.1, 0.15) is 36.6 Å². The van der Waals surface area contributed by atoms with Crippen LogP contribution in [0.2, 0.25) is 0 Å². The summed E-state index contributed by atoms with van der Waals surface area (Å²) in [7, 11) is 2.02. The second-order valence-corrected chi connectivity index (χ2v) is 4.93. The van der Waals surface area contributed by atoms with Gasteiger partial charge in [0.2, 0.25) is 5.89 Å². The lowest BCUT2D eigenvalue weighted by molar-refractivity contribution is 0.126. The minimum absolute atomic E-state index is 0.626. The van der Waals surface area contributed by atoms with Crippen molar-refractivity contribution in [3.05, 3.63) is 17.3 Å². The summed E-state index contributed by atoms with van der Waals surface area (Å²) in [5, 5.41) is 3.28. The Morgan fingerprint density at radius 3 is 2.88 bits per heavy atom. The van der Waals surface area contributed by atoms with Crippen molar-refractivity contribution in [3.8, 4) is 0 Å². The van der Waals surface area contributed by atoms with Crippen LogP contribution in [0.4, 0.5) is 0 Å². The van der Waals surface area contributed by atoms with E-state index in [2.05, 4.69) is 15.2 Å². The van der Waals surface area contributed by atoms with Gasteiger partial charge in [-0.3, -0.25) is 4.90 Å². The van der Waals surface area contributed by atoms with Gasteiger partial charge in [-0.1, -0.05) is 6.42 Å². The molecule has 0 radical (unpaired) electrons. The second-order valence-electron chi connectivity index (χ2n) is 4.93. The summed E-state index contributed by atoms with van der Waals surface area (Å²) in [5.41, 5.74) is 1.02. The zero-order valence-electron chi connectivity index (χ0n) is 11.1. The predicted octanol–water partition coefficient (Wildman–Crippen LogP) is 1.87. The fourth-order valence-corrected chi connectivity index (χ4v) is 2.52. The number of rotatable bonds is 4. The van der Waals surface area contributed by atoms with Gasteiger partial charge in [0, 0.05) is 12.6 Å². The first-order valence-electron chi connectivity index (χ1n) is 6.52. The van der Waals surface area contributed by atoms with Crippen molar-refractivity contribution < 1.29 is 4.42 Å². The van der Waals surface area contributed by atoms with Crippen molar-refractivity contribution in [3.63, 3.8) is 0 Å². The third-order valence-electron chi connectivity index (χ3n) is 3.60. The Balaban J connectivity index is 2.00. The van der Waals surface area contributed by atoms with Crippen molar-refractivity contribution in [2.75, 3.05) is 20.1 Å². The van der Waals surface area contributed by atoms with Crippen LogP contribution >= 0.6 is 0 Å². The van der Waals surface area contributed by atoms with Gasteiger partial charge >= 0.3 is 0 Å². The van der Waals surface area contributed by atoms with Crippen molar-refractivity contribution in [2.24, 2.45) is 0 Å². The minimum Gasteiger partial charge on any atom is -0.444 e. The number of aryl methyl sites for hydroxylation is 2. The van der Waals surface area contributed by atoms with Gasteiger partial charge in [-0.15, -0.1) is 0 Å². The third-order valence-corrected chi connectivity index (χ3v) is 3.60. The van der Waals surface area contributed by atoms with Gasteiger partial charge in [0.05, 0.1) is 12.2 Å². The lowest BCUT2D eigenvalue weighted by atomic mass is 10.0. The van der Waals surface area contributed by atoms with Gasteiger partial charge in [-0.2, -0.15) is 0 Å². The molecule has 1 saturated heterocycles. The largest absolute Gasteiger partial charge is 0.444 e. The zero-order valence-corrected chi connectivity index (χ0v) is 11.1. The highest BCUT2D eigenvalue weighted by molar-refractivity contribution is 5.05. The Morgan fingerprint density at radius 2 is 2.24 bits per heavy atom. The van der Waals surface area contributed by atoms with Crippen LogP contribution in [0.25, 0.3) is 0 Å². The first kappa shape index (κ1) is 12.6. The van der Waals surface area contributed by atoms with E-state index in [1.54, 1.807) is 0 Å². The Kier molecular flexibility index (Phi) is 4.18. The summed E-state index contributed by atoms with van der Waals surface area (Å²) in [6.07, 6.45) is 3.91. The predicted molar refractivity (Wildman–Crippen MR) is 68.0 cm³/mol. The van der Waals surface area contributed by atoms with Crippen LogP contribution in [0, 0.1) is 13.8 Å². The number of piperidine rings is 1. The molecular weight excluding hydrogens is 214 g/mol. The third kappa shape index (κ3) is 3.07. The maximum Gasteiger partial charge on any atom is 0.208 e. The van der Waals surface area contributed by atoms with Gasteiger partial charge in [0.1, 0.15) is 5.76 Å². The maximum absolute atomic E-state index is 5.67. The molecule has 1 fully saturated rings. The molecule has 4 heteroatoms. The number of likely N-dealkylation sites (N-methyl/N-ethyl adjacent to an activating group) is 1. The van der Waals surface area contributed by atoms with Crippen LogP contribution in [0.15, 0.2) is 4.42 Å². The highest BCUT2D eigenvalue weighted by Crippen LogP contribution is 2.19. The number of likely N-dealkylation sites (tertiary alicyclic amines) is 1. The molecule has 1 aromatic heterocycles. The highest BCUT2D eigenvalue weighted by atomic mass is 16.4. The van der Waals surface area contributed by atoms with Crippen LogP contribution in [-0.4, -0.2) is 36.1 Å². The fourth-order valence-electron chi connectivity index (χ4n) is 2.52. The van der Waals surface area contributed by atoms with Crippen molar-refractivity contribution in [2.45, 2.75) is 45.7 Å². The first-order chi connectivity index (χ1) is 8.20. The second kappa shape index (κ2) is 5.65. The molecule has 1 N–H and O–H groups in total. The molecule has 0 amide bonds. The Labute approximate surface area is 103 Å². The molecule has 1 aromatic rings. The van der Waals surface area contributed by atoms with Crippen LogP contribution in [-0.2, 0) is 6.54 Å². The molecule has 2 heterocycles. The van der Waals surface area contributed by atoms with Gasteiger partial charge in [-0.25, -0.2) is 4.98 Å². The number of aromatic nitrogens is 1. The summed E-state index contributed by atoms with van der Waals surface area (Å²) >= 11 is 0. The van der Waals surface area contributed by atoms with Gasteiger partial charge in [0.25, 0.3) is 0 Å². The van der Waals surface area contributed by atoms with Crippen molar-refractivity contribution in [1.29, 1.82) is 0 Å². The quantitative estimate of drug-likeness (QED) is 0.868. The van der Waals surface area contributed by atoms with Gasteiger partial charge in [-0.05, 0) is 40.3 Å². The molecule has 0 aromatic carbocycles. The maximum atomic E-state index is 5.67. The van der Waals surface area contributed by atoms with E-state index in [0.717, 1.165) is 37.0 Å². The van der Waals surface area contributed by atoms with E-state index in [1.807, 2.05) is 20.9 Å². The van der Waals surface area contributed by atoms with Crippen molar-refractivity contribution >= 4 is 0 Å². The van der Waals surface area contributed by atoms with Crippen LogP contribution < -0.4 is 5.32 Å². The van der Waals surface area contributed by atoms with Gasteiger partial charge < -0.3 is 9.73 Å². The molecule has 96 valence electrons. The molecule has 1 atom stereocenters. The number of nitrogens with zero attached hydrogens (tertiary/aromatic N) is 2. The van der Waals surface area contributed by atoms with E-state index >= 15 is 0 Å². The van der Waals surface area contributed by atoms with Gasteiger partial charge in [0.15, 0.2) is 0 Å². The summed E-state index contributed by atoms with van der Waals surface area (Å²) in [6, 6.07) is 0.626. The number of nitrogens with one attached hydrogen (secondary N) is 1. The molecule has 0 spiro atoms. The average molecular weight is 237 g/mol. The molecule has 0 saturated carbocycles. The molecule has 17 heavy (non-hydrogen) atoms. The van der Waals surface area contributed by atoms with E-state index in [-0.39, 0.29) is 0 Å². The Hall–Kier alpha value is -0.870. The molecule has 1 unspecified atom stereocenters. The number of oxazole rings is 1. The Bertz CT molecular complexity index is 340. The van der Waals surface area contributed by atoms with Crippen LogP contribution in [0.5, 0.6) is 0 Å². The first-order valence-corrected chi connectivity index (χ1v) is 6.52. The molecule has 4 nitrogen and oxygen atoms in total. The van der Waals surface area contributed by atoms with E-state index in [4.69, 9.17) is 4.42 Å². The van der Waals surface area contributed by atoms with E-state index in [0.29, 0.717) is 6.04 Å². The molecular formula is C13H23N3O. The molecule has 2 rings (SSSR count).